The minimum absolute atomic E-state index is 0.104. The Kier molecular flexibility index (Phi) is 5.67. The highest BCUT2D eigenvalue weighted by Crippen LogP contribution is 2.33. The molecule has 2 fully saturated rings. The Labute approximate surface area is 178 Å². The molecule has 30 heavy (non-hydrogen) atoms. The van der Waals surface area contributed by atoms with Crippen LogP contribution in [0, 0.1) is 5.92 Å². The summed E-state index contributed by atoms with van der Waals surface area (Å²) in [5, 5.41) is 3.25. The lowest BCUT2D eigenvalue weighted by Crippen LogP contribution is -2.45. The van der Waals surface area contributed by atoms with Gasteiger partial charge in [0, 0.05) is 55.1 Å². The van der Waals surface area contributed by atoms with Crippen LogP contribution in [0.3, 0.4) is 0 Å². The number of hydrogen-bond acceptors (Lipinski definition) is 5. The van der Waals surface area contributed by atoms with E-state index in [4.69, 9.17) is 14.7 Å². The molecule has 1 aromatic heterocycles. The maximum Gasteiger partial charge on any atom is 0.223 e. The molecule has 3 aliphatic rings. The van der Waals surface area contributed by atoms with Gasteiger partial charge in [-0.05, 0) is 44.9 Å². The van der Waals surface area contributed by atoms with Crippen molar-refractivity contribution in [2.24, 2.45) is 5.92 Å². The second kappa shape index (κ2) is 8.72. The fourth-order valence-corrected chi connectivity index (χ4v) is 4.90. The van der Waals surface area contributed by atoms with Crippen LogP contribution in [-0.4, -0.2) is 48.2 Å². The van der Waals surface area contributed by atoms with E-state index in [1.165, 1.54) is 11.3 Å². The smallest absolute Gasteiger partial charge is 0.223 e. The van der Waals surface area contributed by atoms with Crippen LogP contribution < -0.4 is 10.2 Å². The number of rotatable bonds is 4. The molecule has 0 bridgehead atoms. The van der Waals surface area contributed by atoms with Gasteiger partial charge in [0.2, 0.25) is 5.91 Å². The first kappa shape index (κ1) is 19.5. The Morgan fingerprint density at radius 2 is 1.77 bits per heavy atom. The molecule has 6 nitrogen and oxygen atoms in total. The average molecular weight is 407 g/mol. The summed E-state index contributed by atoms with van der Waals surface area (Å²) in [6, 6.07) is 10.5. The predicted molar refractivity (Wildman–Crippen MR) is 116 cm³/mol. The summed E-state index contributed by atoms with van der Waals surface area (Å²) >= 11 is 0. The molecule has 0 spiro atoms. The van der Waals surface area contributed by atoms with Gasteiger partial charge in [-0.2, -0.15) is 0 Å². The van der Waals surface area contributed by atoms with Crippen molar-refractivity contribution in [1.29, 1.82) is 0 Å². The van der Waals surface area contributed by atoms with Crippen molar-refractivity contribution in [3.8, 4) is 11.4 Å². The molecule has 1 amide bonds. The molecule has 0 radical (unpaired) electrons. The summed E-state index contributed by atoms with van der Waals surface area (Å²) in [5.41, 5.74) is 3.59. The van der Waals surface area contributed by atoms with Crippen molar-refractivity contribution in [2.45, 2.75) is 51.0 Å². The Bertz CT molecular complexity index is 888. The normalized spacial score (nSPS) is 20.2. The van der Waals surface area contributed by atoms with Crippen LogP contribution in [0.25, 0.3) is 11.4 Å². The topological polar surface area (TPSA) is 67.3 Å². The first-order valence-corrected chi connectivity index (χ1v) is 11.4. The Morgan fingerprint density at radius 3 is 2.53 bits per heavy atom. The van der Waals surface area contributed by atoms with Gasteiger partial charge in [0.1, 0.15) is 5.82 Å². The zero-order valence-electron chi connectivity index (χ0n) is 17.5. The summed E-state index contributed by atoms with van der Waals surface area (Å²) in [7, 11) is 0. The highest BCUT2D eigenvalue weighted by atomic mass is 16.5. The number of carbonyl (C=O) groups excluding carboxylic acids is 1. The highest BCUT2D eigenvalue weighted by molar-refractivity contribution is 5.79. The number of aryl methyl sites for hydroxylation is 1. The van der Waals surface area contributed by atoms with Gasteiger partial charge in [0.15, 0.2) is 5.82 Å². The zero-order valence-corrected chi connectivity index (χ0v) is 17.5. The van der Waals surface area contributed by atoms with Crippen molar-refractivity contribution in [2.75, 3.05) is 31.2 Å². The predicted octanol–water partition coefficient (Wildman–Crippen LogP) is 3.14. The van der Waals surface area contributed by atoms with Gasteiger partial charge in [-0.25, -0.2) is 9.97 Å². The average Bonchev–Trinajstić information content (AvgIpc) is 3.29. The molecule has 3 heterocycles. The number of fused-ring (bicyclic) bond motifs is 1. The molecule has 2 saturated heterocycles. The third-order valence-corrected chi connectivity index (χ3v) is 6.68. The summed E-state index contributed by atoms with van der Waals surface area (Å²) in [6.07, 6.45) is 6.88. The standard InChI is InChI=1S/C24H30N4O2/c29-24(25-19-11-15-30-16-12-19)18-9-13-28(14-10-18)23-20-7-4-8-21(20)26-22(27-23)17-5-2-1-3-6-17/h1-3,5-6,18-19H,4,7-16H2,(H,25,29). The number of nitrogens with one attached hydrogen (secondary N) is 1. The Balaban J connectivity index is 1.29. The maximum absolute atomic E-state index is 12.7. The number of nitrogens with zero attached hydrogens (tertiary/aromatic N) is 3. The molecule has 1 aliphatic carbocycles. The van der Waals surface area contributed by atoms with Crippen molar-refractivity contribution in [1.82, 2.24) is 15.3 Å². The molecule has 2 aliphatic heterocycles. The van der Waals surface area contributed by atoms with E-state index in [2.05, 4.69) is 22.3 Å². The minimum atomic E-state index is 0.104. The van der Waals surface area contributed by atoms with E-state index in [1.54, 1.807) is 0 Å². The fraction of sp³-hybridized carbons (Fsp3) is 0.542. The number of hydrogen-bond donors (Lipinski definition) is 1. The molecule has 0 saturated carbocycles. The van der Waals surface area contributed by atoms with Gasteiger partial charge >= 0.3 is 0 Å². The van der Waals surface area contributed by atoms with Gasteiger partial charge in [0.25, 0.3) is 0 Å². The van der Waals surface area contributed by atoms with Crippen LogP contribution in [0.2, 0.25) is 0 Å². The van der Waals surface area contributed by atoms with Crippen LogP contribution in [0.4, 0.5) is 5.82 Å². The molecule has 0 atom stereocenters. The van der Waals surface area contributed by atoms with E-state index in [0.29, 0.717) is 0 Å². The van der Waals surface area contributed by atoms with E-state index in [-0.39, 0.29) is 17.9 Å². The van der Waals surface area contributed by atoms with Crippen LogP contribution in [0.1, 0.15) is 43.4 Å². The Morgan fingerprint density at radius 1 is 1.00 bits per heavy atom. The van der Waals surface area contributed by atoms with Crippen LogP contribution in [0.5, 0.6) is 0 Å². The molecule has 2 aromatic rings. The van der Waals surface area contributed by atoms with E-state index < -0.39 is 0 Å². The fourth-order valence-electron chi connectivity index (χ4n) is 4.90. The summed E-state index contributed by atoms with van der Waals surface area (Å²) in [6.45, 7) is 3.27. The van der Waals surface area contributed by atoms with E-state index in [9.17, 15) is 4.79 Å². The van der Waals surface area contributed by atoms with Crippen molar-refractivity contribution < 1.29 is 9.53 Å². The van der Waals surface area contributed by atoms with E-state index in [1.807, 2.05) is 18.2 Å². The van der Waals surface area contributed by atoms with Crippen LogP contribution in [0.15, 0.2) is 30.3 Å². The number of carbonyl (C=O) groups is 1. The van der Waals surface area contributed by atoms with Gasteiger partial charge in [-0.3, -0.25) is 4.79 Å². The van der Waals surface area contributed by atoms with E-state index in [0.717, 1.165) is 88.5 Å². The molecule has 1 aromatic carbocycles. The SMILES string of the molecule is O=C(NC1CCOCC1)C1CCN(c2nc(-c3ccccc3)nc3c2CCC3)CC1. The minimum Gasteiger partial charge on any atom is -0.381 e. The second-order valence-corrected chi connectivity index (χ2v) is 8.67. The lowest BCUT2D eigenvalue weighted by molar-refractivity contribution is -0.126. The maximum atomic E-state index is 12.7. The van der Waals surface area contributed by atoms with Crippen molar-refractivity contribution >= 4 is 11.7 Å². The number of amides is 1. The monoisotopic (exact) mass is 406 g/mol. The summed E-state index contributed by atoms with van der Waals surface area (Å²) in [4.78, 5) is 25.0. The number of benzene rings is 1. The third kappa shape index (κ3) is 4.06. The van der Waals surface area contributed by atoms with Crippen LogP contribution >= 0.6 is 0 Å². The van der Waals surface area contributed by atoms with Gasteiger partial charge in [-0.15, -0.1) is 0 Å². The lowest BCUT2D eigenvalue weighted by atomic mass is 9.94. The molecular weight excluding hydrogens is 376 g/mol. The number of anilines is 1. The lowest BCUT2D eigenvalue weighted by Gasteiger charge is -2.34. The number of ether oxygens (including phenoxy) is 1. The number of piperidine rings is 1. The second-order valence-electron chi connectivity index (χ2n) is 8.67. The molecule has 1 N–H and O–H groups in total. The zero-order chi connectivity index (χ0) is 20.3. The summed E-state index contributed by atoms with van der Waals surface area (Å²) < 4.78 is 5.40. The molecule has 0 unspecified atom stereocenters. The highest BCUT2D eigenvalue weighted by Gasteiger charge is 2.30. The first-order chi connectivity index (χ1) is 14.8. The van der Waals surface area contributed by atoms with Crippen molar-refractivity contribution in [3.63, 3.8) is 0 Å². The largest absolute Gasteiger partial charge is 0.381 e. The quantitative estimate of drug-likeness (QED) is 0.845. The molecule has 158 valence electrons. The summed E-state index contributed by atoms with van der Waals surface area (Å²) in [5.74, 6) is 2.25. The van der Waals surface area contributed by atoms with Crippen molar-refractivity contribution in [3.05, 3.63) is 41.6 Å². The van der Waals surface area contributed by atoms with Crippen LogP contribution in [-0.2, 0) is 22.4 Å². The Hall–Kier alpha value is -2.47. The number of aromatic nitrogens is 2. The van der Waals surface area contributed by atoms with Gasteiger partial charge in [0.05, 0.1) is 0 Å². The molecular formula is C24H30N4O2. The first-order valence-electron chi connectivity index (χ1n) is 11.4. The third-order valence-electron chi connectivity index (χ3n) is 6.68. The van der Waals surface area contributed by atoms with Gasteiger partial charge < -0.3 is 15.0 Å². The van der Waals surface area contributed by atoms with Gasteiger partial charge in [-0.1, -0.05) is 30.3 Å². The molecule has 5 rings (SSSR count). The van der Waals surface area contributed by atoms with E-state index >= 15 is 0 Å². The molecule has 6 heteroatoms.